The number of nitrogens with zero attached hydrogens (tertiary/aromatic N) is 1. The number of halogens is 1. The van der Waals surface area contributed by atoms with E-state index < -0.39 is 6.67 Å². The summed E-state index contributed by atoms with van der Waals surface area (Å²) in [7, 11) is 4.83. The first-order valence-corrected chi connectivity index (χ1v) is 9.63. The molecule has 1 aromatic heterocycles. The summed E-state index contributed by atoms with van der Waals surface area (Å²) < 4.78 is 39.1. The van der Waals surface area contributed by atoms with Crippen LogP contribution in [0, 0.1) is 0 Å². The predicted octanol–water partition coefficient (Wildman–Crippen LogP) is 4.22. The Morgan fingerprint density at radius 2 is 1.53 bits per heavy atom. The molecule has 0 N–H and O–H groups in total. The molecule has 0 saturated carbocycles. The van der Waals surface area contributed by atoms with Crippen molar-refractivity contribution < 1.29 is 28.1 Å². The summed E-state index contributed by atoms with van der Waals surface area (Å²) in [6.07, 6.45) is 2.40. The van der Waals surface area contributed by atoms with E-state index >= 15 is 0 Å². The molecule has 3 rings (SSSR count). The SMILES string of the molecule is COc1cc2ccnc(Cc3ccc(OCCOCCF)c(OC)c3)c2cc1OC. The third-order valence-corrected chi connectivity index (χ3v) is 4.66. The molecule has 0 bridgehead atoms. The summed E-state index contributed by atoms with van der Waals surface area (Å²) in [4.78, 5) is 4.57. The fraction of sp³-hybridized carbons (Fsp3) is 0.348. The number of pyridine rings is 1. The third-order valence-electron chi connectivity index (χ3n) is 4.66. The zero-order valence-electron chi connectivity index (χ0n) is 17.4. The Morgan fingerprint density at radius 1 is 0.800 bits per heavy atom. The molecule has 0 amide bonds. The summed E-state index contributed by atoms with van der Waals surface area (Å²) in [5.41, 5.74) is 1.95. The fourth-order valence-corrected chi connectivity index (χ4v) is 3.20. The van der Waals surface area contributed by atoms with Gasteiger partial charge < -0.3 is 23.7 Å². The highest BCUT2D eigenvalue weighted by molar-refractivity contribution is 5.88. The second kappa shape index (κ2) is 10.6. The van der Waals surface area contributed by atoms with Gasteiger partial charge in [0, 0.05) is 18.0 Å². The van der Waals surface area contributed by atoms with Crippen molar-refractivity contribution in [2.45, 2.75) is 6.42 Å². The predicted molar refractivity (Wildman–Crippen MR) is 113 cm³/mol. The van der Waals surface area contributed by atoms with Crippen molar-refractivity contribution in [1.29, 1.82) is 0 Å². The normalized spacial score (nSPS) is 10.8. The molecule has 30 heavy (non-hydrogen) atoms. The van der Waals surface area contributed by atoms with Gasteiger partial charge in [0.05, 0.1) is 40.2 Å². The van der Waals surface area contributed by atoms with Crippen molar-refractivity contribution in [3.63, 3.8) is 0 Å². The number of fused-ring (bicyclic) bond motifs is 1. The highest BCUT2D eigenvalue weighted by Crippen LogP contribution is 2.34. The van der Waals surface area contributed by atoms with Crippen LogP contribution in [0.3, 0.4) is 0 Å². The molecule has 3 aromatic rings. The minimum atomic E-state index is -0.501. The van der Waals surface area contributed by atoms with Crippen molar-refractivity contribution in [2.75, 3.05) is 47.8 Å². The highest BCUT2D eigenvalue weighted by atomic mass is 19.1. The van der Waals surface area contributed by atoms with E-state index in [2.05, 4.69) is 4.98 Å². The highest BCUT2D eigenvalue weighted by Gasteiger charge is 2.12. The number of rotatable bonds is 11. The minimum Gasteiger partial charge on any atom is -0.493 e. The van der Waals surface area contributed by atoms with Crippen LogP contribution in [0.15, 0.2) is 42.6 Å². The maximum absolute atomic E-state index is 12.1. The fourth-order valence-electron chi connectivity index (χ4n) is 3.20. The molecule has 0 fully saturated rings. The first kappa shape index (κ1) is 21.6. The third kappa shape index (κ3) is 5.10. The Bertz CT molecular complexity index is 979. The molecule has 0 saturated heterocycles. The van der Waals surface area contributed by atoms with Crippen LogP contribution in [0.25, 0.3) is 10.8 Å². The lowest BCUT2D eigenvalue weighted by Gasteiger charge is -2.14. The van der Waals surface area contributed by atoms with Crippen LogP contribution in [0.5, 0.6) is 23.0 Å². The maximum Gasteiger partial charge on any atom is 0.161 e. The van der Waals surface area contributed by atoms with Gasteiger partial charge >= 0.3 is 0 Å². The summed E-state index contributed by atoms with van der Waals surface area (Å²) in [5.74, 6) is 2.58. The summed E-state index contributed by atoms with van der Waals surface area (Å²) in [6.45, 7) is 0.218. The monoisotopic (exact) mass is 415 g/mol. The molecular formula is C23H26FNO5. The largest absolute Gasteiger partial charge is 0.493 e. The first-order valence-electron chi connectivity index (χ1n) is 9.63. The first-order chi connectivity index (χ1) is 14.7. The summed E-state index contributed by atoms with van der Waals surface area (Å²) >= 11 is 0. The molecule has 7 heteroatoms. The Hall–Kier alpha value is -3.06. The van der Waals surface area contributed by atoms with E-state index in [-0.39, 0.29) is 6.61 Å². The van der Waals surface area contributed by atoms with Crippen molar-refractivity contribution in [1.82, 2.24) is 4.98 Å². The number of ether oxygens (including phenoxy) is 5. The lowest BCUT2D eigenvalue weighted by molar-refractivity contribution is 0.0888. The standard InChI is InChI=1S/C23H26FNO5/c1-26-21-13-16(4-5-20(21)30-11-10-29-9-7-24)12-19-18-15-23(28-3)22(27-2)14-17(18)6-8-25-19/h4-6,8,13-15H,7,9-12H2,1-3H3. The lowest BCUT2D eigenvalue weighted by atomic mass is 10.0. The number of hydrogen-bond acceptors (Lipinski definition) is 6. The lowest BCUT2D eigenvalue weighted by Crippen LogP contribution is -2.09. The topological polar surface area (TPSA) is 59.0 Å². The molecule has 160 valence electrons. The van der Waals surface area contributed by atoms with E-state index in [1.807, 2.05) is 36.4 Å². The summed E-state index contributed by atoms with van der Waals surface area (Å²) in [6, 6.07) is 11.6. The molecular weight excluding hydrogens is 389 g/mol. The van der Waals surface area contributed by atoms with Gasteiger partial charge in [0.2, 0.25) is 0 Å². The van der Waals surface area contributed by atoms with Gasteiger partial charge in [-0.3, -0.25) is 4.98 Å². The minimum absolute atomic E-state index is 0.0775. The Labute approximate surface area is 175 Å². The van der Waals surface area contributed by atoms with Crippen LogP contribution in [0.4, 0.5) is 4.39 Å². The van der Waals surface area contributed by atoms with Crippen LogP contribution in [0.2, 0.25) is 0 Å². The zero-order chi connectivity index (χ0) is 21.3. The van der Waals surface area contributed by atoms with Gasteiger partial charge in [-0.2, -0.15) is 0 Å². The smallest absolute Gasteiger partial charge is 0.161 e. The van der Waals surface area contributed by atoms with Gasteiger partial charge in [-0.25, -0.2) is 4.39 Å². The molecule has 0 atom stereocenters. The van der Waals surface area contributed by atoms with Crippen molar-refractivity contribution >= 4 is 10.8 Å². The number of aromatic nitrogens is 1. The average Bonchev–Trinajstić information content (AvgIpc) is 2.78. The molecule has 0 unspecified atom stereocenters. The van der Waals surface area contributed by atoms with Gasteiger partial charge in [0.1, 0.15) is 13.3 Å². The average molecular weight is 415 g/mol. The van der Waals surface area contributed by atoms with E-state index in [9.17, 15) is 4.39 Å². The van der Waals surface area contributed by atoms with Crippen LogP contribution in [-0.2, 0) is 11.2 Å². The van der Waals surface area contributed by atoms with Crippen LogP contribution in [0.1, 0.15) is 11.3 Å². The number of methoxy groups -OCH3 is 3. The molecule has 6 nitrogen and oxygen atoms in total. The van der Waals surface area contributed by atoms with Crippen molar-refractivity contribution in [2.24, 2.45) is 0 Å². The number of alkyl halides is 1. The Morgan fingerprint density at radius 3 is 2.27 bits per heavy atom. The van der Waals surface area contributed by atoms with Gasteiger partial charge in [-0.1, -0.05) is 6.07 Å². The molecule has 0 radical (unpaired) electrons. The summed E-state index contributed by atoms with van der Waals surface area (Å²) in [5, 5.41) is 2.03. The van der Waals surface area contributed by atoms with E-state index in [0.717, 1.165) is 22.0 Å². The van der Waals surface area contributed by atoms with E-state index in [4.69, 9.17) is 23.7 Å². The quantitative estimate of drug-likeness (QED) is 0.437. The van der Waals surface area contributed by atoms with Crippen LogP contribution in [-0.4, -0.2) is 52.8 Å². The molecule has 0 aliphatic rings. The van der Waals surface area contributed by atoms with E-state index in [0.29, 0.717) is 42.6 Å². The van der Waals surface area contributed by atoms with Crippen molar-refractivity contribution in [3.05, 3.63) is 53.9 Å². The molecule has 1 heterocycles. The molecule has 2 aromatic carbocycles. The van der Waals surface area contributed by atoms with E-state index in [1.165, 1.54) is 0 Å². The van der Waals surface area contributed by atoms with Crippen molar-refractivity contribution in [3.8, 4) is 23.0 Å². The second-order valence-electron chi connectivity index (χ2n) is 6.50. The number of hydrogen-bond donors (Lipinski definition) is 0. The van der Waals surface area contributed by atoms with Gasteiger partial charge in [0.15, 0.2) is 23.0 Å². The maximum atomic E-state index is 12.1. The van der Waals surface area contributed by atoms with E-state index in [1.54, 1.807) is 27.5 Å². The number of benzene rings is 2. The van der Waals surface area contributed by atoms with Gasteiger partial charge in [-0.05, 0) is 41.3 Å². The van der Waals surface area contributed by atoms with Gasteiger partial charge in [-0.15, -0.1) is 0 Å². The molecule has 0 spiro atoms. The molecule has 0 aliphatic heterocycles. The van der Waals surface area contributed by atoms with Crippen LogP contribution >= 0.6 is 0 Å². The van der Waals surface area contributed by atoms with Crippen LogP contribution < -0.4 is 18.9 Å². The zero-order valence-corrected chi connectivity index (χ0v) is 17.4. The van der Waals surface area contributed by atoms with Gasteiger partial charge in [0.25, 0.3) is 0 Å². The second-order valence-corrected chi connectivity index (χ2v) is 6.50. The Kier molecular flexibility index (Phi) is 7.68. The Balaban J connectivity index is 1.81. The molecule has 0 aliphatic carbocycles.